The van der Waals surface area contributed by atoms with Crippen LogP contribution in [0.4, 0.5) is 0 Å². The lowest BCUT2D eigenvalue weighted by atomic mass is 9.90. The molecule has 136 valence electrons. The first-order valence-electron chi connectivity index (χ1n) is 8.55. The molecule has 26 heavy (non-hydrogen) atoms. The number of benzene rings is 2. The summed E-state index contributed by atoms with van der Waals surface area (Å²) in [6.07, 6.45) is 1.05. The third-order valence-corrected chi connectivity index (χ3v) is 6.76. The second-order valence-electron chi connectivity index (χ2n) is 6.42. The first-order valence-corrected chi connectivity index (χ1v) is 9.99. The molecule has 0 radical (unpaired) electrons. The van der Waals surface area contributed by atoms with Crippen molar-refractivity contribution < 1.29 is 22.7 Å². The predicted octanol–water partition coefficient (Wildman–Crippen LogP) is 2.70. The topological polar surface area (TPSA) is 72.9 Å². The number of ether oxygens (including phenoxy) is 2. The molecule has 4 rings (SSSR count). The average Bonchev–Trinajstić information content (AvgIpc) is 3.16. The molecule has 1 fully saturated rings. The second kappa shape index (κ2) is 6.74. The van der Waals surface area contributed by atoms with Gasteiger partial charge in [0.2, 0.25) is 16.8 Å². The van der Waals surface area contributed by atoms with Gasteiger partial charge in [0.1, 0.15) is 0 Å². The lowest BCUT2D eigenvalue weighted by Crippen LogP contribution is -2.40. The van der Waals surface area contributed by atoms with Crippen molar-refractivity contribution in [2.24, 2.45) is 5.92 Å². The van der Waals surface area contributed by atoms with Gasteiger partial charge in [-0.05, 0) is 25.0 Å². The van der Waals surface area contributed by atoms with Crippen molar-refractivity contribution in [3.8, 4) is 11.5 Å². The van der Waals surface area contributed by atoms with Crippen molar-refractivity contribution in [2.45, 2.75) is 17.7 Å². The van der Waals surface area contributed by atoms with E-state index in [0.29, 0.717) is 43.0 Å². The Labute approximate surface area is 152 Å². The van der Waals surface area contributed by atoms with Gasteiger partial charge in [0.15, 0.2) is 17.3 Å². The number of hydrogen-bond donors (Lipinski definition) is 0. The molecule has 0 unspecified atom stereocenters. The lowest BCUT2D eigenvalue weighted by Gasteiger charge is -2.30. The molecule has 2 aliphatic heterocycles. The zero-order chi connectivity index (χ0) is 18.1. The Morgan fingerprint density at radius 1 is 0.962 bits per heavy atom. The molecular formula is C19H19NO5S. The maximum Gasteiger partial charge on any atom is 0.243 e. The minimum absolute atomic E-state index is 0.0886. The van der Waals surface area contributed by atoms with Crippen LogP contribution >= 0.6 is 0 Å². The van der Waals surface area contributed by atoms with E-state index in [2.05, 4.69) is 0 Å². The summed E-state index contributed by atoms with van der Waals surface area (Å²) in [5.74, 6) is 0.947. The van der Waals surface area contributed by atoms with Crippen molar-refractivity contribution >= 4 is 15.8 Å². The van der Waals surface area contributed by atoms with E-state index in [1.54, 1.807) is 18.2 Å². The summed E-state index contributed by atoms with van der Waals surface area (Å²) in [4.78, 5) is 12.7. The van der Waals surface area contributed by atoms with Crippen molar-refractivity contribution in [3.05, 3.63) is 54.1 Å². The van der Waals surface area contributed by atoms with E-state index in [4.69, 9.17) is 9.47 Å². The summed E-state index contributed by atoms with van der Waals surface area (Å²) in [6, 6.07) is 13.8. The number of piperidine rings is 1. The molecule has 2 aromatic carbocycles. The Balaban J connectivity index is 1.46. The first-order chi connectivity index (χ1) is 12.6. The minimum atomic E-state index is -3.61. The van der Waals surface area contributed by atoms with E-state index < -0.39 is 10.0 Å². The molecule has 0 amide bonds. The van der Waals surface area contributed by atoms with E-state index in [1.807, 2.05) is 18.2 Å². The summed E-state index contributed by atoms with van der Waals surface area (Å²) in [5, 5.41) is 0. The molecule has 0 N–H and O–H groups in total. The lowest BCUT2D eigenvalue weighted by molar-refractivity contribution is 0.0875. The second-order valence-corrected chi connectivity index (χ2v) is 8.36. The van der Waals surface area contributed by atoms with E-state index in [9.17, 15) is 13.2 Å². The van der Waals surface area contributed by atoms with Gasteiger partial charge in [-0.1, -0.05) is 30.3 Å². The van der Waals surface area contributed by atoms with Crippen LogP contribution in [0.1, 0.15) is 23.2 Å². The number of carbonyl (C=O) groups excluding carboxylic acids is 1. The van der Waals surface area contributed by atoms with Crippen LogP contribution in [0.15, 0.2) is 53.4 Å². The Morgan fingerprint density at radius 2 is 1.65 bits per heavy atom. The van der Waals surface area contributed by atoms with Crippen LogP contribution in [0.25, 0.3) is 0 Å². The van der Waals surface area contributed by atoms with E-state index in [0.717, 1.165) is 0 Å². The van der Waals surface area contributed by atoms with Crippen molar-refractivity contribution in [1.29, 1.82) is 0 Å². The third kappa shape index (κ3) is 3.08. The van der Waals surface area contributed by atoms with Crippen LogP contribution in [-0.4, -0.2) is 38.4 Å². The molecule has 1 saturated heterocycles. The molecule has 0 aliphatic carbocycles. The Bertz CT molecular complexity index is 918. The van der Waals surface area contributed by atoms with Crippen LogP contribution in [0, 0.1) is 5.92 Å². The maximum absolute atomic E-state index is 12.9. The molecule has 2 heterocycles. The van der Waals surface area contributed by atoms with Gasteiger partial charge >= 0.3 is 0 Å². The molecular weight excluding hydrogens is 354 g/mol. The van der Waals surface area contributed by atoms with Crippen molar-refractivity contribution in [2.75, 3.05) is 19.9 Å². The molecule has 0 atom stereocenters. The number of rotatable bonds is 4. The molecule has 2 aliphatic rings. The van der Waals surface area contributed by atoms with Gasteiger partial charge < -0.3 is 9.47 Å². The highest BCUT2D eigenvalue weighted by Crippen LogP contribution is 2.35. The standard InChI is InChI=1S/C19H19NO5S/c21-19(14-4-2-1-3-5-14)15-8-10-20(11-9-15)26(22,23)16-6-7-17-18(12-16)25-13-24-17/h1-7,12,15H,8-11,13H2. The fourth-order valence-corrected chi connectivity index (χ4v) is 4.87. The zero-order valence-corrected chi connectivity index (χ0v) is 14.9. The SMILES string of the molecule is O=C(c1ccccc1)C1CCN(S(=O)(=O)c2ccc3c(c2)OCO3)CC1. The van der Waals surface area contributed by atoms with Gasteiger partial charge in [-0.3, -0.25) is 4.79 Å². The van der Waals surface area contributed by atoms with Crippen LogP contribution in [0.2, 0.25) is 0 Å². The van der Waals surface area contributed by atoms with Gasteiger partial charge in [0.05, 0.1) is 4.90 Å². The summed E-state index contributed by atoms with van der Waals surface area (Å²) < 4.78 is 37.7. The van der Waals surface area contributed by atoms with Crippen molar-refractivity contribution in [1.82, 2.24) is 4.31 Å². The Hall–Kier alpha value is -2.38. The molecule has 0 aromatic heterocycles. The Kier molecular flexibility index (Phi) is 4.42. The minimum Gasteiger partial charge on any atom is -0.454 e. The number of sulfonamides is 1. The van der Waals surface area contributed by atoms with Gasteiger partial charge in [-0.15, -0.1) is 0 Å². The molecule has 2 aromatic rings. The van der Waals surface area contributed by atoms with E-state index >= 15 is 0 Å². The quantitative estimate of drug-likeness (QED) is 0.771. The summed E-state index contributed by atoms with van der Waals surface area (Å²) in [7, 11) is -3.61. The fraction of sp³-hybridized carbons (Fsp3) is 0.316. The molecule has 0 saturated carbocycles. The highest BCUT2D eigenvalue weighted by molar-refractivity contribution is 7.89. The highest BCUT2D eigenvalue weighted by atomic mass is 32.2. The van der Waals surface area contributed by atoms with Gasteiger partial charge in [-0.25, -0.2) is 8.42 Å². The van der Waals surface area contributed by atoms with Crippen LogP contribution in [0.3, 0.4) is 0 Å². The summed E-state index contributed by atoms with van der Waals surface area (Å²) >= 11 is 0. The van der Waals surface area contributed by atoms with Crippen LogP contribution in [0.5, 0.6) is 11.5 Å². The summed E-state index contributed by atoms with van der Waals surface area (Å²) in [5.41, 5.74) is 0.685. The van der Waals surface area contributed by atoms with Crippen LogP contribution < -0.4 is 9.47 Å². The number of carbonyl (C=O) groups is 1. The third-order valence-electron chi connectivity index (χ3n) is 4.86. The highest BCUT2D eigenvalue weighted by Gasteiger charge is 2.33. The zero-order valence-electron chi connectivity index (χ0n) is 14.1. The Morgan fingerprint density at radius 3 is 2.38 bits per heavy atom. The van der Waals surface area contributed by atoms with Gasteiger partial charge in [-0.2, -0.15) is 4.31 Å². The normalized spacial score (nSPS) is 18.0. The molecule has 0 spiro atoms. The van der Waals surface area contributed by atoms with Gasteiger partial charge in [0, 0.05) is 30.6 Å². The smallest absolute Gasteiger partial charge is 0.243 e. The molecule has 6 nitrogen and oxygen atoms in total. The average molecular weight is 373 g/mol. The number of fused-ring (bicyclic) bond motifs is 1. The monoisotopic (exact) mass is 373 g/mol. The van der Waals surface area contributed by atoms with Gasteiger partial charge in [0.25, 0.3) is 0 Å². The largest absolute Gasteiger partial charge is 0.454 e. The predicted molar refractivity (Wildman–Crippen MR) is 94.8 cm³/mol. The number of Topliss-reactive ketones (excluding diaryl/α,β-unsaturated/α-hetero) is 1. The number of hydrogen-bond acceptors (Lipinski definition) is 5. The fourth-order valence-electron chi connectivity index (χ4n) is 3.38. The van der Waals surface area contributed by atoms with E-state index in [-0.39, 0.29) is 23.4 Å². The number of ketones is 1. The maximum atomic E-state index is 12.9. The number of nitrogens with zero attached hydrogens (tertiary/aromatic N) is 1. The van der Waals surface area contributed by atoms with Crippen LogP contribution in [-0.2, 0) is 10.0 Å². The first kappa shape index (κ1) is 17.1. The van der Waals surface area contributed by atoms with E-state index in [1.165, 1.54) is 16.4 Å². The summed E-state index contributed by atoms with van der Waals surface area (Å²) in [6.45, 7) is 0.770. The molecule has 7 heteroatoms. The van der Waals surface area contributed by atoms with Crippen molar-refractivity contribution in [3.63, 3.8) is 0 Å². The molecule has 0 bridgehead atoms.